The molecule has 0 heterocycles. The van der Waals surface area contributed by atoms with Crippen molar-refractivity contribution in [1.82, 2.24) is 0 Å². The first kappa shape index (κ1) is 11.1. The normalized spacial score (nSPS) is 11.1. The Hall–Kier alpha value is 0.0900. The third-order valence-electron chi connectivity index (χ3n) is 1.83. The zero-order valence-corrected chi connectivity index (χ0v) is 8.45. The Morgan fingerprint density at radius 2 is 1.64 bits per heavy atom. The number of thiol groups is 1. The van der Waals surface area contributed by atoms with Crippen molar-refractivity contribution >= 4 is 12.6 Å². The molecule has 0 aliphatic carbocycles. The van der Waals surface area contributed by atoms with Crippen molar-refractivity contribution in [3.63, 3.8) is 0 Å². The fourth-order valence-corrected chi connectivity index (χ4v) is 1.27. The highest BCUT2D eigenvalue weighted by molar-refractivity contribution is 7.83. The smallest absolute Gasteiger partial charge is 0.0343 e. The summed E-state index contributed by atoms with van der Waals surface area (Å²) in [5.74, 6) is 0. The standard InChI is InChI=1S/C10H20S/c1-2-3-4-5-6-7-8-9-10-11/h9-11H,2-8H2,1H3/b10-9-. The van der Waals surface area contributed by atoms with Gasteiger partial charge >= 0.3 is 0 Å². The highest BCUT2D eigenvalue weighted by Gasteiger charge is 1.87. The van der Waals surface area contributed by atoms with Crippen LogP contribution in [0.2, 0.25) is 0 Å². The maximum atomic E-state index is 4.00. The zero-order valence-electron chi connectivity index (χ0n) is 7.55. The lowest BCUT2D eigenvalue weighted by Gasteiger charge is -1.96. The molecule has 0 aromatic heterocycles. The van der Waals surface area contributed by atoms with Gasteiger partial charge in [0.2, 0.25) is 0 Å². The molecule has 0 fully saturated rings. The van der Waals surface area contributed by atoms with E-state index in [1.807, 2.05) is 5.41 Å². The van der Waals surface area contributed by atoms with Gasteiger partial charge in [0, 0.05) is 0 Å². The van der Waals surface area contributed by atoms with Crippen LogP contribution in [0.15, 0.2) is 11.5 Å². The maximum absolute atomic E-state index is 4.00. The fraction of sp³-hybridized carbons (Fsp3) is 0.800. The van der Waals surface area contributed by atoms with E-state index in [2.05, 4.69) is 25.6 Å². The van der Waals surface area contributed by atoms with Crippen molar-refractivity contribution in [2.24, 2.45) is 0 Å². The molecule has 0 rings (SSSR count). The summed E-state index contributed by atoms with van der Waals surface area (Å²) in [5, 5.41) is 1.84. The van der Waals surface area contributed by atoms with Gasteiger partial charge in [0.05, 0.1) is 0 Å². The van der Waals surface area contributed by atoms with E-state index in [-0.39, 0.29) is 0 Å². The molecule has 11 heavy (non-hydrogen) atoms. The van der Waals surface area contributed by atoms with Crippen molar-refractivity contribution in [2.75, 3.05) is 0 Å². The summed E-state index contributed by atoms with van der Waals surface area (Å²) >= 11 is 4.00. The summed E-state index contributed by atoms with van der Waals surface area (Å²) in [4.78, 5) is 0. The highest BCUT2D eigenvalue weighted by atomic mass is 32.1. The van der Waals surface area contributed by atoms with Crippen LogP contribution in [0.3, 0.4) is 0 Å². The minimum Gasteiger partial charge on any atom is -0.152 e. The van der Waals surface area contributed by atoms with E-state index < -0.39 is 0 Å². The molecule has 0 N–H and O–H groups in total. The molecule has 0 radical (unpaired) electrons. The fourth-order valence-electron chi connectivity index (χ4n) is 1.12. The van der Waals surface area contributed by atoms with Crippen LogP contribution in [0.4, 0.5) is 0 Å². The SMILES string of the molecule is CCCCCCCC/C=C\S. The second-order valence-electron chi connectivity index (χ2n) is 2.94. The van der Waals surface area contributed by atoms with E-state index in [0.29, 0.717) is 0 Å². The van der Waals surface area contributed by atoms with E-state index in [1.54, 1.807) is 0 Å². The van der Waals surface area contributed by atoms with Gasteiger partial charge in [0.15, 0.2) is 0 Å². The minimum atomic E-state index is 1.20. The molecule has 0 aliphatic heterocycles. The molecule has 0 aromatic rings. The van der Waals surface area contributed by atoms with Crippen LogP contribution in [-0.4, -0.2) is 0 Å². The van der Waals surface area contributed by atoms with Gasteiger partial charge in [0.1, 0.15) is 0 Å². The summed E-state index contributed by atoms with van der Waals surface area (Å²) in [6, 6.07) is 0. The predicted molar refractivity (Wildman–Crippen MR) is 56.1 cm³/mol. The Kier molecular flexibility index (Phi) is 10.2. The van der Waals surface area contributed by atoms with Gasteiger partial charge in [-0.05, 0) is 18.2 Å². The van der Waals surface area contributed by atoms with Gasteiger partial charge in [0.25, 0.3) is 0 Å². The monoisotopic (exact) mass is 172 g/mol. The molecule has 0 spiro atoms. The number of hydrogen-bond acceptors (Lipinski definition) is 1. The van der Waals surface area contributed by atoms with E-state index in [4.69, 9.17) is 0 Å². The van der Waals surface area contributed by atoms with Gasteiger partial charge in [-0.25, -0.2) is 0 Å². The summed E-state index contributed by atoms with van der Waals surface area (Å²) in [7, 11) is 0. The van der Waals surface area contributed by atoms with Crippen molar-refractivity contribution in [2.45, 2.75) is 51.9 Å². The van der Waals surface area contributed by atoms with Crippen molar-refractivity contribution in [3.8, 4) is 0 Å². The molecule has 0 amide bonds. The molecule has 1 heteroatoms. The van der Waals surface area contributed by atoms with Crippen molar-refractivity contribution in [1.29, 1.82) is 0 Å². The topological polar surface area (TPSA) is 0 Å². The third-order valence-corrected chi connectivity index (χ3v) is 2.04. The minimum absolute atomic E-state index is 1.20. The Morgan fingerprint density at radius 3 is 2.27 bits per heavy atom. The molecular formula is C10H20S. The Labute approximate surface area is 76.5 Å². The molecule has 0 saturated carbocycles. The number of rotatable bonds is 7. The Bertz CT molecular complexity index is 86.9. The summed E-state index contributed by atoms with van der Waals surface area (Å²) in [5.41, 5.74) is 0. The van der Waals surface area contributed by atoms with Crippen molar-refractivity contribution in [3.05, 3.63) is 11.5 Å². The van der Waals surface area contributed by atoms with Gasteiger partial charge in [-0.15, -0.1) is 0 Å². The van der Waals surface area contributed by atoms with E-state index in [9.17, 15) is 0 Å². The summed E-state index contributed by atoms with van der Waals surface area (Å²) in [6.45, 7) is 2.25. The summed E-state index contributed by atoms with van der Waals surface area (Å²) < 4.78 is 0. The van der Waals surface area contributed by atoms with Crippen molar-refractivity contribution < 1.29 is 0 Å². The van der Waals surface area contributed by atoms with E-state index >= 15 is 0 Å². The van der Waals surface area contributed by atoms with Gasteiger partial charge in [-0.2, -0.15) is 12.6 Å². The molecular weight excluding hydrogens is 152 g/mol. The van der Waals surface area contributed by atoms with Crippen LogP contribution < -0.4 is 0 Å². The molecule has 0 atom stereocenters. The molecule has 0 aromatic carbocycles. The largest absolute Gasteiger partial charge is 0.152 e. The van der Waals surface area contributed by atoms with Crippen LogP contribution in [0.25, 0.3) is 0 Å². The molecule has 66 valence electrons. The van der Waals surface area contributed by atoms with Crippen LogP contribution in [-0.2, 0) is 0 Å². The predicted octanol–water partition coefficient (Wildman–Crippen LogP) is 4.18. The van der Waals surface area contributed by atoms with E-state index in [0.717, 1.165) is 0 Å². The lowest BCUT2D eigenvalue weighted by atomic mass is 10.1. The lowest BCUT2D eigenvalue weighted by molar-refractivity contribution is 0.611. The first-order valence-electron chi connectivity index (χ1n) is 4.71. The lowest BCUT2D eigenvalue weighted by Crippen LogP contribution is -1.77. The van der Waals surface area contributed by atoms with Crippen LogP contribution in [0.5, 0.6) is 0 Å². The molecule has 0 unspecified atom stereocenters. The molecule has 0 aliphatic rings. The van der Waals surface area contributed by atoms with Crippen LogP contribution in [0, 0.1) is 0 Å². The first-order valence-corrected chi connectivity index (χ1v) is 5.22. The van der Waals surface area contributed by atoms with Crippen LogP contribution >= 0.6 is 12.6 Å². The number of hydrogen-bond donors (Lipinski definition) is 1. The molecule has 0 saturated heterocycles. The van der Waals surface area contributed by atoms with E-state index in [1.165, 1.54) is 44.9 Å². The molecule has 0 nitrogen and oxygen atoms in total. The van der Waals surface area contributed by atoms with Crippen LogP contribution in [0.1, 0.15) is 51.9 Å². The number of allylic oxidation sites excluding steroid dienone is 1. The average Bonchev–Trinajstić information content (AvgIpc) is 2.03. The second kappa shape index (κ2) is 10.1. The van der Waals surface area contributed by atoms with Gasteiger partial charge in [-0.3, -0.25) is 0 Å². The Morgan fingerprint density at radius 1 is 1.00 bits per heavy atom. The first-order chi connectivity index (χ1) is 5.41. The highest BCUT2D eigenvalue weighted by Crippen LogP contribution is 2.06. The van der Waals surface area contributed by atoms with Gasteiger partial charge in [-0.1, -0.05) is 45.1 Å². The average molecular weight is 172 g/mol. The second-order valence-corrected chi connectivity index (χ2v) is 3.24. The maximum Gasteiger partial charge on any atom is -0.0343 e. The quantitative estimate of drug-likeness (QED) is 0.432. The zero-order chi connectivity index (χ0) is 8.36. The summed E-state index contributed by atoms with van der Waals surface area (Å²) in [6.07, 6.45) is 11.6. The number of unbranched alkanes of at least 4 members (excludes halogenated alkanes) is 6. The van der Waals surface area contributed by atoms with Gasteiger partial charge < -0.3 is 0 Å². The Balaban J connectivity index is 2.79. The molecule has 0 bridgehead atoms. The third kappa shape index (κ3) is 10.1.